The molecule has 3 heterocycles. The Hall–Kier alpha value is -7.89. The predicted octanol–water partition coefficient (Wildman–Crippen LogP) is 14.3. The van der Waals surface area contributed by atoms with Crippen LogP contribution in [0.5, 0.6) is 0 Å². The first-order valence-electron chi connectivity index (χ1n) is 19.4. The van der Waals surface area contributed by atoms with Gasteiger partial charge in [-0.25, -0.2) is 15.0 Å². The third-order valence-corrected chi connectivity index (χ3v) is 11.3. The summed E-state index contributed by atoms with van der Waals surface area (Å²) in [5.74, 6) is 1.72. The SMILES string of the molecule is c1ccc(-c2cc3ccccc3c3cc(-c4ccc(-c5nc(-c6cccc7oc8ccccc8c67)nc(-c6cccc7oc8ccccc8c67)n5)cc4)ccc23)cc1. The molecule has 270 valence electrons. The predicted molar refractivity (Wildman–Crippen MR) is 237 cm³/mol. The average Bonchev–Trinajstić information content (AvgIpc) is 3.88. The van der Waals surface area contributed by atoms with Gasteiger partial charge in [-0.1, -0.05) is 152 Å². The molecule has 0 radical (unpaired) electrons. The van der Waals surface area contributed by atoms with Crippen LogP contribution >= 0.6 is 0 Å². The molecular formula is C53H31N3O2. The maximum atomic E-state index is 6.29. The van der Waals surface area contributed by atoms with Gasteiger partial charge in [-0.15, -0.1) is 0 Å². The second-order valence-electron chi connectivity index (χ2n) is 14.7. The van der Waals surface area contributed by atoms with Crippen LogP contribution in [-0.2, 0) is 0 Å². The lowest BCUT2D eigenvalue weighted by atomic mass is 9.91. The summed E-state index contributed by atoms with van der Waals surface area (Å²) in [7, 11) is 0. The van der Waals surface area contributed by atoms with E-state index in [9.17, 15) is 0 Å². The second kappa shape index (κ2) is 12.8. The van der Waals surface area contributed by atoms with Gasteiger partial charge in [0, 0.05) is 38.2 Å². The van der Waals surface area contributed by atoms with E-state index in [1.165, 1.54) is 32.7 Å². The highest BCUT2D eigenvalue weighted by Crippen LogP contribution is 2.41. The minimum atomic E-state index is 0.571. The third-order valence-electron chi connectivity index (χ3n) is 11.3. The maximum Gasteiger partial charge on any atom is 0.164 e. The molecule has 0 N–H and O–H groups in total. The Morgan fingerprint density at radius 3 is 1.45 bits per heavy atom. The lowest BCUT2D eigenvalue weighted by molar-refractivity contribution is 0.668. The number of hydrogen-bond acceptors (Lipinski definition) is 5. The fraction of sp³-hybridized carbons (Fsp3) is 0. The first-order chi connectivity index (χ1) is 28.7. The zero-order valence-electron chi connectivity index (χ0n) is 31.1. The zero-order chi connectivity index (χ0) is 38.2. The third kappa shape index (κ3) is 5.14. The van der Waals surface area contributed by atoms with E-state index < -0.39 is 0 Å². The van der Waals surface area contributed by atoms with Crippen LogP contribution in [-0.4, -0.2) is 15.0 Å². The molecule has 5 heteroatoms. The van der Waals surface area contributed by atoms with Gasteiger partial charge >= 0.3 is 0 Å². The van der Waals surface area contributed by atoms with E-state index in [1.807, 2.05) is 60.7 Å². The van der Waals surface area contributed by atoms with Crippen molar-refractivity contribution in [3.05, 3.63) is 188 Å². The Labute approximate surface area is 332 Å². The van der Waals surface area contributed by atoms with Crippen molar-refractivity contribution in [2.75, 3.05) is 0 Å². The number of hydrogen-bond donors (Lipinski definition) is 0. The first kappa shape index (κ1) is 32.4. The molecule has 0 unspecified atom stereocenters. The van der Waals surface area contributed by atoms with Gasteiger partial charge in [-0.05, 0) is 80.2 Å². The van der Waals surface area contributed by atoms with Crippen LogP contribution in [0.1, 0.15) is 0 Å². The molecule has 58 heavy (non-hydrogen) atoms. The van der Waals surface area contributed by atoms with E-state index in [2.05, 4.69) is 127 Å². The highest BCUT2D eigenvalue weighted by molar-refractivity contribution is 6.15. The van der Waals surface area contributed by atoms with Crippen LogP contribution in [0.25, 0.3) is 122 Å². The molecule has 12 aromatic rings. The first-order valence-corrected chi connectivity index (χ1v) is 19.4. The quantitative estimate of drug-likeness (QED) is 0.164. The van der Waals surface area contributed by atoms with Crippen LogP contribution in [0, 0.1) is 0 Å². The summed E-state index contributed by atoms with van der Waals surface area (Å²) < 4.78 is 12.6. The van der Waals surface area contributed by atoms with E-state index in [1.54, 1.807) is 0 Å². The zero-order valence-corrected chi connectivity index (χ0v) is 31.1. The van der Waals surface area contributed by atoms with Gasteiger partial charge in [-0.2, -0.15) is 0 Å². The number of fused-ring (bicyclic) bond motifs is 9. The van der Waals surface area contributed by atoms with Crippen molar-refractivity contribution in [1.82, 2.24) is 15.0 Å². The Morgan fingerprint density at radius 1 is 0.276 bits per heavy atom. The monoisotopic (exact) mass is 741 g/mol. The van der Waals surface area contributed by atoms with Crippen LogP contribution in [0.4, 0.5) is 0 Å². The van der Waals surface area contributed by atoms with Crippen molar-refractivity contribution < 1.29 is 8.83 Å². The van der Waals surface area contributed by atoms with E-state index in [0.717, 1.165) is 71.7 Å². The number of furan rings is 2. The molecule has 0 saturated carbocycles. The molecule has 9 aromatic carbocycles. The van der Waals surface area contributed by atoms with Crippen molar-refractivity contribution in [1.29, 1.82) is 0 Å². The minimum Gasteiger partial charge on any atom is -0.456 e. The van der Waals surface area contributed by atoms with Gasteiger partial charge in [0.2, 0.25) is 0 Å². The summed E-state index contributed by atoms with van der Waals surface area (Å²) in [5.41, 5.74) is 10.6. The highest BCUT2D eigenvalue weighted by Gasteiger charge is 2.20. The molecule has 0 aliphatic carbocycles. The smallest absolute Gasteiger partial charge is 0.164 e. The lowest BCUT2D eigenvalue weighted by Crippen LogP contribution is -2.00. The molecule has 0 bridgehead atoms. The summed E-state index contributed by atoms with van der Waals surface area (Å²) in [5, 5.41) is 8.91. The fourth-order valence-electron chi connectivity index (χ4n) is 8.62. The fourth-order valence-corrected chi connectivity index (χ4v) is 8.62. The Bertz CT molecular complexity index is 3430. The number of nitrogens with zero attached hydrogens (tertiary/aromatic N) is 3. The Balaban J connectivity index is 1.03. The second-order valence-corrected chi connectivity index (χ2v) is 14.7. The van der Waals surface area contributed by atoms with Gasteiger partial charge < -0.3 is 8.83 Å². The Morgan fingerprint density at radius 2 is 0.793 bits per heavy atom. The molecule has 0 saturated heterocycles. The van der Waals surface area contributed by atoms with Crippen molar-refractivity contribution in [2.24, 2.45) is 0 Å². The minimum absolute atomic E-state index is 0.571. The summed E-state index contributed by atoms with van der Waals surface area (Å²) in [6.45, 7) is 0. The summed E-state index contributed by atoms with van der Waals surface area (Å²) in [6.07, 6.45) is 0. The normalized spacial score (nSPS) is 11.8. The lowest BCUT2D eigenvalue weighted by Gasteiger charge is -2.13. The number of rotatable bonds is 5. The van der Waals surface area contributed by atoms with Gasteiger partial charge in [0.15, 0.2) is 17.5 Å². The van der Waals surface area contributed by atoms with E-state index >= 15 is 0 Å². The van der Waals surface area contributed by atoms with Gasteiger partial charge in [0.25, 0.3) is 0 Å². The maximum absolute atomic E-state index is 6.29. The molecule has 0 aliphatic heterocycles. The molecule has 0 atom stereocenters. The summed E-state index contributed by atoms with van der Waals surface area (Å²) >= 11 is 0. The summed E-state index contributed by atoms with van der Waals surface area (Å²) in [6, 6.07) is 65.3. The molecule has 0 spiro atoms. The van der Waals surface area contributed by atoms with Crippen molar-refractivity contribution in [3.8, 4) is 56.4 Å². The topological polar surface area (TPSA) is 65.0 Å². The van der Waals surface area contributed by atoms with E-state index in [0.29, 0.717) is 17.5 Å². The van der Waals surface area contributed by atoms with Crippen molar-refractivity contribution in [2.45, 2.75) is 0 Å². The van der Waals surface area contributed by atoms with Gasteiger partial charge in [0.05, 0.1) is 0 Å². The standard InChI is InChI=1S/C53H31N3O2/c1-2-12-33(13-3-1)43-31-36-14-4-5-15-37(36)44-30-35(28-29-38(43)44)32-24-26-34(27-25-32)51-54-52(41-18-10-22-47-49(41)39-16-6-8-20-45(39)57-47)56-53(55-51)42-19-11-23-48-50(42)40-17-7-9-21-46(40)58-48/h1-31H. The van der Waals surface area contributed by atoms with Crippen molar-refractivity contribution in [3.63, 3.8) is 0 Å². The molecular weight excluding hydrogens is 711 g/mol. The molecule has 3 aromatic heterocycles. The largest absolute Gasteiger partial charge is 0.456 e. The summed E-state index contributed by atoms with van der Waals surface area (Å²) in [4.78, 5) is 15.6. The molecule has 12 rings (SSSR count). The van der Waals surface area contributed by atoms with Crippen LogP contribution in [0.3, 0.4) is 0 Å². The molecule has 0 aliphatic rings. The van der Waals surface area contributed by atoms with Gasteiger partial charge in [0.1, 0.15) is 22.3 Å². The average molecular weight is 742 g/mol. The number of para-hydroxylation sites is 2. The Kier molecular flexibility index (Phi) is 7.16. The van der Waals surface area contributed by atoms with Crippen LogP contribution in [0.2, 0.25) is 0 Å². The number of benzene rings is 9. The number of aromatic nitrogens is 3. The highest BCUT2D eigenvalue weighted by atomic mass is 16.3. The molecule has 0 amide bonds. The molecule has 0 fully saturated rings. The van der Waals surface area contributed by atoms with Crippen molar-refractivity contribution >= 4 is 65.4 Å². The van der Waals surface area contributed by atoms with Crippen LogP contribution in [0.15, 0.2) is 197 Å². The van der Waals surface area contributed by atoms with Gasteiger partial charge in [-0.3, -0.25) is 0 Å². The van der Waals surface area contributed by atoms with E-state index in [-0.39, 0.29) is 0 Å². The van der Waals surface area contributed by atoms with E-state index in [4.69, 9.17) is 23.8 Å². The van der Waals surface area contributed by atoms with Crippen LogP contribution < -0.4 is 0 Å². The molecule has 5 nitrogen and oxygen atoms in total.